The number of carbonyl (C=O) groups is 1. The van der Waals surface area contributed by atoms with Gasteiger partial charge in [0.15, 0.2) is 0 Å². The molecule has 1 aliphatic rings. The maximum Gasteiger partial charge on any atom is 0.573 e. The van der Waals surface area contributed by atoms with E-state index in [0.717, 1.165) is 16.8 Å². The lowest BCUT2D eigenvalue weighted by molar-refractivity contribution is -0.274. The Kier molecular flexibility index (Phi) is 3.55. The van der Waals surface area contributed by atoms with Gasteiger partial charge in [0.2, 0.25) is 5.91 Å². The minimum absolute atomic E-state index is 0.116. The molecular formula is C17H14F3NO2. The third-order valence-electron chi connectivity index (χ3n) is 3.99. The van der Waals surface area contributed by atoms with Crippen LogP contribution in [0.1, 0.15) is 18.1 Å². The lowest BCUT2D eigenvalue weighted by atomic mass is 9.78. The Hall–Kier alpha value is -2.50. The molecule has 0 aromatic heterocycles. The first kappa shape index (κ1) is 15.4. The minimum Gasteiger partial charge on any atom is -0.406 e. The molecule has 6 heteroatoms. The molecule has 0 saturated heterocycles. The number of ether oxygens (including phenoxy) is 1. The van der Waals surface area contributed by atoms with Crippen molar-refractivity contribution in [1.29, 1.82) is 0 Å². The second kappa shape index (κ2) is 5.30. The molecule has 0 bridgehead atoms. The summed E-state index contributed by atoms with van der Waals surface area (Å²) in [6.07, 6.45) is -4.32. The fraction of sp³-hybridized carbons (Fsp3) is 0.235. The Morgan fingerprint density at radius 1 is 1.09 bits per heavy atom. The summed E-state index contributed by atoms with van der Waals surface area (Å²) in [5.41, 5.74) is 1.68. The first-order chi connectivity index (χ1) is 10.8. The van der Waals surface area contributed by atoms with Crippen LogP contribution in [0.25, 0.3) is 0 Å². The van der Waals surface area contributed by atoms with Gasteiger partial charge in [0.25, 0.3) is 0 Å². The number of fused-ring (bicyclic) bond motifs is 1. The summed E-state index contributed by atoms with van der Waals surface area (Å²) < 4.78 is 40.4. The van der Waals surface area contributed by atoms with Crippen LogP contribution in [-0.4, -0.2) is 12.3 Å². The van der Waals surface area contributed by atoms with Crippen LogP contribution in [0, 0.1) is 0 Å². The average molecular weight is 321 g/mol. The van der Waals surface area contributed by atoms with E-state index in [4.69, 9.17) is 0 Å². The van der Waals surface area contributed by atoms with E-state index in [1.54, 1.807) is 12.1 Å². The Balaban J connectivity index is 1.83. The highest BCUT2D eigenvalue weighted by Gasteiger charge is 2.42. The molecule has 0 fully saturated rings. The lowest BCUT2D eigenvalue weighted by Crippen LogP contribution is -2.33. The van der Waals surface area contributed by atoms with E-state index in [-0.39, 0.29) is 11.7 Å². The van der Waals surface area contributed by atoms with E-state index in [1.807, 2.05) is 31.2 Å². The summed E-state index contributed by atoms with van der Waals surface area (Å²) >= 11 is 0. The van der Waals surface area contributed by atoms with E-state index in [0.29, 0.717) is 6.42 Å². The molecule has 0 radical (unpaired) electrons. The van der Waals surface area contributed by atoms with Gasteiger partial charge in [-0.2, -0.15) is 0 Å². The molecule has 1 heterocycles. The average Bonchev–Trinajstić information content (AvgIpc) is 2.72. The number of rotatable bonds is 3. The SMILES string of the molecule is CC1(Cc2ccc(OC(F)(F)F)cc2)C(=O)Nc2ccccc21. The number of halogens is 3. The first-order valence-electron chi connectivity index (χ1n) is 7.04. The highest BCUT2D eigenvalue weighted by molar-refractivity contribution is 6.06. The van der Waals surface area contributed by atoms with Crippen molar-refractivity contribution in [2.24, 2.45) is 0 Å². The van der Waals surface area contributed by atoms with Gasteiger partial charge in [-0.25, -0.2) is 0 Å². The van der Waals surface area contributed by atoms with Gasteiger partial charge in [-0.3, -0.25) is 4.79 Å². The number of alkyl halides is 3. The zero-order valence-corrected chi connectivity index (χ0v) is 12.3. The molecule has 3 rings (SSSR count). The molecule has 1 N–H and O–H groups in total. The summed E-state index contributed by atoms with van der Waals surface area (Å²) in [5, 5.41) is 2.84. The molecule has 0 spiro atoms. The molecule has 1 atom stereocenters. The number of anilines is 1. The van der Waals surface area contributed by atoms with Crippen LogP contribution in [0.2, 0.25) is 0 Å². The van der Waals surface area contributed by atoms with Crippen LogP contribution in [0.15, 0.2) is 48.5 Å². The van der Waals surface area contributed by atoms with Crippen molar-refractivity contribution in [3.8, 4) is 5.75 Å². The van der Waals surface area contributed by atoms with E-state index in [1.165, 1.54) is 12.1 Å². The summed E-state index contributed by atoms with van der Waals surface area (Å²) in [6, 6.07) is 13.0. The van der Waals surface area contributed by atoms with E-state index < -0.39 is 11.8 Å². The molecule has 2 aromatic carbocycles. The van der Waals surface area contributed by atoms with Crippen molar-refractivity contribution in [1.82, 2.24) is 0 Å². The van der Waals surface area contributed by atoms with Crippen molar-refractivity contribution in [3.63, 3.8) is 0 Å². The van der Waals surface area contributed by atoms with Gasteiger partial charge in [-0.05, 0) is 42.7 Å². The second-order valence-corrected chi connectivity index (χ2v) is 5.70. The standard InChI is InChI=1S/C17H14F3NO2/c1-16(13-4-2-3-5-14(13)21-15(16)22)10-11-6-8-12(9-7-11)23-17(18,19)20/h2-9H,10H2,1H3,(H,21,22). The van der Waals surface area contributed by atoms with Gasteiger partial charge in [0, 0.05) is 5.69 Å². The summed E-state index contributed by atoms with van der Waals surface area (Å²) in [6.45, 7) is 1.83. The largest absolute Gasteiger partial charge is 0.573 e. The number of hydrogen-bond acceptors (Lipinski definition) is 2. The fourth-order valence-corrected chi connectivity index (χ4v) is 2.85. The highest BCUT2D eigenvalue weighted by Crippen LogP contribution is 2.40. The van der Waals surface area contributed by atoms with Gasteiger partial charge in [-0.1, -0.05) is 30.3 Å². The quantitative estimate of drug-likeness (QED) is 0.926. The third-order valence-corrected chi connectivity index (χ3v) is 3.99. The molecule has 3 nitrogen and oxygen atoms in total. The van der Waals surface area contributed by atoms with Crippen LogP contribution >= 0.6 is 0 Å². The van der Waals surface area contributed by atoms with Crippen molar-refractivity contribution in [2.45, 2.75) is 25.1 Å². The zero-order valence-electron chi connectivity index (χ0n) is 12.3. The van der Waals surface area contributed by atoms with Crippen molar-refractivity contribution in [3.05, 3.63) is 59.7 Å². The third kappa shape index (κ3) is 3.02. The molecule has 1 aliphatic heterocycles. The van der Waals surface area contributed by atoms with Gasteiger partial charge in [0.05, 0.1) is 5.41 Å². The van der Waals surface area contributed by atoms with Gasteiger partial charge >= 0.3 is 6.36 Å². The van der Waals surface area contributed by atoms with E-state index in [9.17, 15) is 18.0 Å². The van der Waals surface area contributed by atoms with Gasteiger partial charge < -0.3 is 10.1 Å². The van der Waals surface area contributed by atoms with Crippen molar-refractivity contribution in [2.75, 3.05) is 5.32 Å². The normalized spacial score (nSPS) is 20.1. The molecule has 23 heavy (non-hydrogen) atoms. The summed E-state index contributed by atoms with van der Waals surface area (Å²) in [7, 11) is 0. The van der Waals surface area contributed by atoms with Crippen molar-refractivity contribution >= 4 is 11.6 Å². The van der Waals surface area contributed by atoms with E-state index in [2.05, 4.69) is 10.1 Å². The second-order valence-electron chi connectivity index (χ2n) is 5.70. The number of nitrogens with one attached hydrogen (secondary N) is 1. The van der Waals surface area contributed by atoms with Crippen LogP contribution in [-0.2, 0) is 16.6 Å². The Morgan fingerprint density at radius 2 is 1.74 bits per heavy atom. The highest BCUT2D eigenvalue weighted by atomic mass is 19.4. The Morgan fingerprint density at radius 3 is 2.39 bits per heavy atom. The van der Waals surface area contributed by atoms with Gasteiger partial charge in [-0.15, -0.1) is 13.2 Å². The first-order valence-corrected chi connectivity index (χ1v) is 7.04. The van der Waals surface area contributed by atoms with E-state index >= 15 is 0 Å². The number of amides is 1. The molecule has 0 saturated carbocycles. The zero-order chi connectivity index (χ0) is 16.7. The lowest BCUT2D eigenvalue weighted by Gasteiger charge is -2.22. The predicted molar refractivity (Wildman–Crippen MR) is 79.3 cm³/mol. The Labute approximate surface area is 131 Å². The van der Waals surface area contributed by atoms with Crippen LogP contribution in [0.4, 0.5) is 18.9 Å². The predicted octanol–water partition coefficient (Wildman–Crippen LogP) is 4.04. The van der Waals surface area contributed by atoms with Gasteiger partial charge in [0.1, 0.15) is 5.75 Å². The summed E-state index contributed by atoms with van der Waals surface area (Å²) in [5.74, 6) is -0.392. The molecule has 120 valence electrons. The maximum absolute atomic E-state index is 12.3. The number of carbonyl (C=O) groups excluding carboxylic acids is 1. The summed E-state index contributed by atoms with van der Waals surface area (Å²) in [4.78, 5) is 12.3. The number of benzene rings is 2. The monoisotopic (exact) mass is 321 g/mol. The number of para-hydroxylation sites is 1. The minimum atomic E-state index is -4.71. The molecule has 0 aliphatic carbocycles. The van der Waals surface area contributed by atoms with Crippen LogP contribution in [0.5, 0.6) is 5.75 Å². The van der Waals surface area contributed by atoms with Crippen LogP contribution in [0.3, 0.4) is 0 Å². The topological polar surface area (TPSA) is 38.3 Å². The molecule has 2 aromatic rings. The maximum atomic E-state index is 12.3. The van der Waals surface area contributed by atoms with Crippen LogP contribution < -0.4 is 10.1 Å². The smallest absolute Gasteiger partial charge is 0.406 e. The molecular weight excluding hydrogens is 307 g/mol. The van der Waals surface area contributed by atoms with Crippen molar-refractivity contribution < 1.29 is 22.7 Å². The fourth-order valence-electron chi connectivity index (χ4n) is 2.85. The molecule has 1 unspecified atom stereocenters. The Bertz CT molecular complexity index is 740. The molecule has 1 amide bonds. The number of hydrogen-bond donors (Lipinski definition) is 1.